The summed E-state index contributed by atoms with van der Waals surface area (Å²) in [7, 11) is 0. The van der Waals surface area contributed by atoms with Crippen molar-refractivity contribution in [1.82, 2.24) is 20.1 Å². The number of urea groups is 1. The van der Waals surface area contributed by atoms with Gasteiger partial charge in [0.15, 0.2) is 5.82 Å². The van der Waals surface area contributed by atoms with Gasteiger partial charge in [-0.2, -0.15) is 5.10 Å². The molecule has 0 bridgehead atoms. The molecular formula is C17H16FN5O. The van der Waals surface area contributed by atoms with E-state index in [1.165, 1.54) is 12.3 Å². The van der Waals surface area contributed by atoms with Crippen molar-refractivity contribution < 1.29 is 9.18 Å². The number of amides is 2. The lowest BCUT2D eigenvalue weighted by atomic mass is 10.1. The first-order valence-electron chi connectivity index (χ1n) is 7.40. The second kappa shape index (κ2) is 6.91. The van der Waals surface area contributed by atoms with Crippen LogP contribution in [0.25, 0.3) is 5.69 Å². The predicted molar refractivity (Wildman–Crippen MR) is 88.3 cm³/mol. The number of anilines is 1. The fraction of sp³-hybridized carbons (Fsp3) is 0.118. The number of rotatable bonds is 4. The Labute approximate surface area is 138 Å². The van der Waals surface area contributed by atoms with E-state index in [0.29, 0.717) is 0 Å². The van der Waals surface area contributed by atoms with Crippen molar-refractivity contribution in [3.8, 4) is 5.69 Å². The summed E-state index contributed by atoms with van der Waals surface area (Å²) in [6.07, 6.45) is 6.03. The van der Waals surface area contributed by atoms with Crippen molar-refractivity contribution >= 4 is 11.7 Å². The Morgan fingerprint density at radius 1 is 1.21 bits per heavy atom. The molecule has 0 radical (unpaired) electrons. The fourth-order valence-corrected chi connectivity index (χ4v) is 2.25. The van der Waals surface area contributed by atoms with E-state index in [9.17, 15) is 9.18 Å². The van der Waals surface area contributed by atoms with Gasteiger partial charge in [0.2, 0.25) is 0 Å². The second-order valence-electron chi connectivity index (χ2n) is 5.22. The summed E-state index contributed by atoms with van der Waals surface area (Å²) >= 11 is 0. The van der Waals surface area contributed by atoms with E-state index in [1.807, 2.05) is 43.5 Å². The van der Waals surface area contributed by atoms with Crippen molar-refractivity contribution in [2.45, 2.75) is 13.0 Å². The van der Waals surface area contributed by atoms with Gasteiger partial charge in [-0.15, -0.1) is 0 Å². The SMILES string of the molecule is CC(NC(=O)Nc1ccncc1F)c1ccc(-n2cccn2)cc1. The van der Waals surface area contributed by atoms with Crippen LogP contribution >= 0.6 is 0 Å². The number of benzene rings is 1. The number of halogens is 1. The molecule has 24 heavy (non-hydrogen) atoms. The van der Waals surface area contributed by atoms with Crippen LogP contribution in [0.3, 0.4) is 0 Å². The van der Waals surface area contributed by atoms with Crippen LogP contribution in [0.2, 0.25) is 0 Å². The van der Waals surface area contributed by atoms with Crippen molar-refractivity contribution in [1.29, 1.82) is 0 Å². The number of hydrogen-bond acceptors (Lipinski definition) is 3. The Hall–Kier alpha value is -3.22. The number of carbonyl (C=O) groups is 1. The third kappa shape index (κ3) is 3.57. The first-order chi connectivity index (χ1) is 11.6. The summed E-state index contributed by atoms with van der Waals surface area (Å²) in [5.41, 5.74) is 1.94. The molecule has 7 heteroatoms. The zero-order valence-corrected chi connectivity index (χ0v) is 13.0. The second-order valence-corrected chi connectivity index (χ2v) is 5.22. The van der Waals surface area contributed by atoms with Crippen LogP contribution in [-0.4, -0.2) is 20.8 Å². The van der Waals surface area contributed by atoms with Gasteiger partial charge in [0.1, 0.15) is 0 Å². The van der Waals surface area contributed by atoms with Gasteiger partial charge < -0.3 is 10.6 Å². The fourth-order valence-electron chi connectivity index (χ4n) is 2.25. The number of nitrogens with one attached hydrogen (secondary N) is 2. The highest BCUT2D eigenvalue weighted by Gasteiger charge is 2.11. The molecule has 3 rings (SSSR count). The van der Waals surface area contributed by atoms with Gasteiger partial charge in [0, 0.05) is 18.6 Å². The minimum Gasteiger partial charge on any atom is -0.331 e. The predicted octanol–water partition coefficient (Wildman–Crippen LogP) is 3.29. The van der Waals surface area contributed by atoms with E-state index in [1.54, 1.807) is 10.9 Å². The van der Waals surface area contributed by atoms with Crippen LogP contribution in [0.15, 0.2) is 61.2 Å². The first-order valence-corrected chi connectivity index (χ1v) is 7.40. The topological polar surface area (TPSA) is 71.8 Å². The van der Waals surface area contributed by atoms with Crippen molar-refractivity contribution in [3.05, 3.63) is 72.6 Å². The summed E-state index contributed by atoms with van der Waals surface area (Å²) < 4.78 is 15.2. The molecule has 0 aliphatic carbocycles. The molecule has 2 N–H and O–H groups in total. The third-order valence-corrected chi connectivity index (χ3v) is 3.53. The standard InChI is InChI=1S/C17H16FN5O/c1-12(21-17(24)22-16-7-9-19-11-15(16)18)13-3-5-14(6-4-13)23-10-2-8-20-23/h2-12H,1H3,(H2,19,21,22,24). The van der Waals surface area contributed by atoms with Crippen molar-refractivity contribution in [3.63, 3.8) is 0 Å². The lowest BCUT2D eigenvalue weighted by Crippen LogP contribution is -2.31. The highest BCUT2D eigenvalue weighted by Crippen LogP contribution is 2.16. The zero-order chi connectivity index (χ0) is 16.9. The first kappa shape index (κ1) is 15.7. The lowest BCUT2D eigenvalue weighted by molar-refractivity contribution is 0.249. The molecular weight excluding hydrogens is 309 g/mol. The Morgan fingerprint density at radius 3 is 2.67 bits per heavy atom. The van der Waals surface area contributed by atoms with Crippen LogP contribution in [-0.2, 0) is 0 Å². The molecule has 2 aromatic heterocycles. The number of pyridine rings is 1. The third-order valence-electron chi connectivity index (χ3n) is 3.53. The van der Waals surface area contributed by atoms with Gasteiger partial charge in [-0.3, -0.25) is 4.98 Å². The van der Waals surface area contributed by atoms with E-state index in [0.717, 1.165) is 17.4 Å². The maximum Gasteiger partial charge on any atom is 0.319 e. The summed E-state index contributed by atoms with van der Waals surface area (Å²) in [6.45, 7) is 1.85. The van der Waals surface area contributed by atoms with Gasteiger partial charge in [0.05, 0.1) is 23.6 Å². The molecule has 2 heterocycles. The summed E-state index contributed by atoms with van der Waals surface area (Å²) in [5, 5.41) is 9.39. The van der Waals surface area contributed by atoms with E-state index in [2.05, 4.69) is 20.7 Å². The molecule has 0 saturated carbocycles. The Bertz CT molecular complexity index is 817. The molecule has 0 saturated heterocycles. The molecule has 0 spiro atoms. The highest BCUT2D eigenvalue weighted by molar-refractivity contribution is 5.89. The van der Waals surface area contributed by atoms with Crippen LogP contribution in [0.5, 0.6) is 0 Å². The van der Waals surface area contributed by atoms with Crippen LogP contribution < -0.4 is 10.6 Å². The summed E-state index contributed by atoms with van der Waals surface area (Å²) in [4.78, 5) is 15.6. The molecule has 6 nitrogen and oxygen atoms in total. The van der Waals surface area contributed by atoms with Crippen LogP contribution in [0.4, 0.5) is 14.9 Å². The quantitative estimate of drug-likeness (QED) is 0.773. The highest BCUT2D eigenvalue weighted by atomic mass is 19.1. The maximum absolute atomic E-state index is 13.5. The van der Waals surface area contributed by atoms with Gasteiger partial charge in [0.25, 0.3) is 0 Å². The molecule has 0 aliphatic heterocycles. The van der Waals surface area contributed by atoms with Crippen molar-refractivity contribution in [2.24, 2.45) is 0 Å². The summed E-state index contributed by atoms with van der Waals surface area (Å²) in [5.74, 6) is -0.580. The Balaban J connectivity index is 1.63. The smallest absolute Gasteiger partial charge is 0.319 e. The molecule has 1 atom stereocenters. The monoisotopic (exact) mass is 325 g/mol. The number of aromatic nitrogens is 3. The van der Waals surface area contributed by atoms with E-state index in [4.69, 9.17) is 0 Å². The van der Waals surface area contributed by atoms with Crippen molar-refractivity contribution in [2.75, 3.05) is 5.32 Å². The average Bonchev–Trinajstić information content (AvgIpc) is 3.11. The Kier molecular flexibility index (Phi) is 4.51. The molecule has 1 aromatic carbocycles. The van der Waals surface area contributed by atoms with Crippen LogP contribution in [0, 0.1) is 5.82 Å². The zero-order valence-electron chi connectivity index (χ0n) is 13.0. The largest absolute Gasteiger partial charge is 0.331 e. The van der Waals surface area contributed by atoms with E-state index < -0.39 is 11.8 Å². The van der Waals surface area contributed by atoms with Gasteiger partial charge in [-0.25, -0.2) is 13.9 Å². The molecule has 1 unspecified atom stereocenters. The molecule has 3 aromatic rings. The minimum atomic E-state index is -0.580. The van der Waals surface area contributed by atoms with Gasteiger partial charge >= 0.3 is 6.03 Å². The Morgan fingerprint density at radius 2 is 2.00 bits per heavy atom. The van der Waals surface area contributed by atoms with Gasteiger partial charge in [-0.1, -0.05) is 12.1 Å². The maximum atomic E-state index is 13.5. The number of nitrogens with zero attached hydrogens (tertiary/aromatic N) is 3. The molecule has 0 fully saturated rings. The number of carbonyl (C=O) groups excluding carboxylic acids is 1. The van der Waals surface area contributed by atoms with Gasteiger partial charge in [-0.05, 0) is 36.8 Å². The van der Waals surface area contributed by atoms with Crippen LogP contribution in [0.1, 0.15) is 18.5 Å². The molecule has 122 valence electrons. The normalized spacial score (nSPS) is 11.8. The average molecular weight is 325 g/mol. The molecule has 0 aliphatic rings. The van der Waals surface area contributed by atoms with E-state index >= 15 is 0 Å². The minimum absolute atomic E-state index is 0.0868. The molecule has 2 amide bonds. The van der Waals surface area contributed by atoms with E-state index in [-0.39, 0.29) is 11.7 Å². The number of hydrogen-bond donors (Lipinski definition) is 2. The lowest BCUT2D eigenvalue weighted by Gasteiger charge is -2.15. The summed E-state index contributed by atoms with van der Waals surface area (Å²) in [6, 6.07) is 10.2.